The van der Waals surface area contributed by atoms with Gasteiger partial charge in [-0.1, -0.05) is 17.7 Å². The highest BCUT2D eigenvalue weighted by molar-refractivity contribution is 6.30. The lowest BCUT2D eigenvalue weighted by atomic mass is 10.1. The molecular formula is C18H19ClN4O3. The molecule has 2 amide bonds. The van der Waals surface area contributed by atoms with Crippen LogP contribution in [-0.2, 0) is 16.1 Å². The largest absolute Gasteiger partial charge is 0.441 e. The van der Waals surface area contributed by atoms with E-state index in [0.717, 1.165) is 17.0 Å². The van der Waals surface area contributed by atoms with E-state index < -0.39 is 6.04 Å². The van der Waals surface area contributed by atoms with Crippen molar-refractivity contribution in [1.82, 2.24) is 20.1 Å². The molecule has 2 aliphatic rings. The number of aryl methyl sites for hydroxylation is 1. The second-order valence-corrected chi connectivity index (χ2v) is 7.02. The number of carbonyl (C=O) groups is 2. The Morgan fingerprint density at radius 2 is 2.19 bits per heavy atom. The van der Waals surface area contributed by atoms with Crippen molar-refractivity contribution in [3.8, 4) is 11.5 Å². The fraction of sp³-hybridized carbons (Fsp3) is 0.389. The zero-order valence-electron chi connectivity index (χ0n) is 14.4. The number of carbonyl (C=O) groups excluding carboxylic acids is 2. The number of benzene rings is 1. The molecule has 2 aliphatic heterocycles. The van der Waals surface area contributed by atoms with Gasteiger partial charge in [0.2, 0.25) is 17.7 Å². The minimum absolute atomic E-state index is 0.0184. The predicted octanol–water partition coefficient (Wildman–Crippen LogP) is 1.45. The van der Waals surface area contributed by atoms with Crippen LogP contribution in [0.3, 0.4) is 0 Å². The van der Waals surface area contributed by atoms with Crippen molar-refractivity contribution in [2.75, 3.05) is 26.2 Å². The molecule has 0 radical (unpaired) electrons. The summed E-state index contributed by atoms with van der Waals surface area (Å²) in [5, 5.41) is 3.28. The summed E-state index contributed by atoms with van der Waals surface area (Å²) in [4.78, 5) is 32.4. The predicted molar refractivity (Wildman–Crippen MR) is 95.5 cm³/mol. The minimum Gasteiger partial charge on any atom is -0.441 e. The molecule has 7 nitrogen and oxygen atoms in total. The molecule has 1 aromatic heterocycles. The van der Waals surface area contributed by atoms with Crippen LogP contribution in [0.25, 0.3) is 11.5 Å². The highest BCUT2D eigenvalue weighted by Gasteiger charge is 2.38. The Bertz CT molecular complexity index is 866. The molecule has 1 atom stereocenters. The summed E-state index contributed by atoms with van der Waals surface area (Å²) in [6.07, 6.45) is 0. The Labute approximate surface area is 155 Å². The van der Waals surface area contributed by atoms with E-state index in [4.69, 9.17) is 16.0 Å². The second-order valence-electron chi connectivity index (χ2n) is 6.59. The molecule has 2 saturated heterocycles. The van der Waals surface area contributed by atoms with Gasteiger partial charge < -0.3 is 14.6 Å². The van der Waals surface area contributed by atoms with Crippen molar-refractivity contribution in [2.24, 2.45) is 0 Å². The summed E-state index contributed by atoms with van der Waals surface area (Å²) in [7, 11) is 0. The monoisotopic (exact) mass is 374 g/mol. The SMILES string of the molecule is Cc1oc(-c2cccc(Cl)c2)nc1CN1CCN2C(=O)CNC(=O)[C@H]2C1. The highest BCUT2D eigenvalue weighted by Crippen LogP contribution is 2.25. The molecule has 3 heterocycles. The highest BCUT2D eigenvalue weighted by atomic mass is 35.5. The molecule has 1 aromatic carbocycles. The maximum Gasteiger partial charge on any atom is 0.244 e. The number of rotatable bonds is 3. The Balaban J connectivity index is 1.50. The number of amides is 2. The lowest BCUT2D eigenvalue weighted by Crippen LogP contribution is -2.65. The smallest absolute Gasteiger partial charge is 0.244 e. The Kier molecular flexibility index (Phi) is 4.42. The third-order valence-corrected chi connectivity index (χ3v) is 5.07. The first-order chi connectivity index (χ1) is 12.5. The standard InChI is InChI=1S/C18H19ClN4O3/c1-11-14(21-18(26-11)12-3-2-4-13(19)7-12)9-22-5-6-23-15(10-22)17(25)20-8-16(23)24/h2-4,7,15H,5-6,8-10H2,1H3,(H,20,25)/t15-/m1/s1. The Hall–Kier alpha value is -2.38. The Morgan fingerprint density at radius 3 is 3.00 bits per heavy atom. The fourth-order valence-corrected chi connectivity index (χ4v) is 3.61. The van der Waals surface area contributed by atoms with E-state index in [0.29, 0.717) is 37.1 Å². The lowest BCUT2D eigenvalue weighted by molar-refractivity contribution is -0.149. The van der Waals surface area contributed by atoms with Crippen molar-refractivity contribution in [3.05, 3.63) is 40.7 Å². The van der Waals surface area contributed by atoms with Crippen LogP contribution in [0.4, 0.5) is 0 Å². The van der Waals surface area contributed by atoms with Gasteiger partial charge in [0.1, 0.15) is 11.8 Å². The first-order valence-corrected chi connectivity index (χ1v) is 8.91. The quantitative estimate of drug-likeness (QED) is 0.879. The number of nitrogens with zero attached hydrogens (tertiary/aromatic N) is 3. The summed E-state index contributed by atoms with van der Waals surface area (Å²) < 4.78 is 5.80. The molecule has 0 unspecified atom stereocenters. The van der Waals surface area contributed by atoms with Gasteiger partial charge in [0.15, 0.2) is 0 Å². The van der Waals surface area contributed by atoms with Crippen LogP contribution in [0.5, 0.6) is 0 Å². The number of piperazine rings is 2. The number of fused-ring (bicyclic) bond motifs is 1. The zero-order valence-corrected chi connectivity index (χ0v) is 15.1. The van der Waals surface area contributed by atoms with Crippen LogP contribution in [0.2, 0.25) is 5.02 Å². The third kappa shape index (κ3) is 3.20. The summed E-state index contributed by atoms with van der Waals surface area (Å²) in [5.74, 6) is 1.16. The van der Waals surface area contributed by atoms with E-state index in [2.05, 4.69) is 15.2 Å². The van der Waals surface area contributed by atoms with Gasteiger partial charge in [0, 0.05) is 36.8 Å². The van der Waals surface area contributed by atoms with Gasteiger partial charge in [-0.2, -0.15) is 0 Å². The molecule has 4 rings (SSSR count). The summed E-state index contributed by atoms with van der Waals surface area (Å²) in [5.41, 5.74) is 1.66. The van der Waals surface area contributed by atoms with Crippen LogP contribution in [0.15, 0.2) is 28.7 Å². The first-order valence-electron chi connectivity index (χ1n) is 8.53. The van der Waals surface area contributed by atoms with Crippen molar-refractivity contribution < 1.29 is 14.0 Å². The zero-order chi connectivity index (χ0) is 18.3. The number of hydrogen-bond donors (Lipinski definition) is 1. The molecule has 26 heavy (non-hydrogen) atoms. The van der Waals surface area contributed by atoms with E-state index in [1.807, 2.05) is 25.1 Å². The van der Waals surface area contributed by atoms with Crippen LogP contribution in [0.1, 0.15) is 11.5 Å². The van der Waals surface area contributed by atoms with E-state index >= 15 is 0 Å². The summed E-state index contributed by atoms with van der Waals surface area (Å²) in [6, 6.07) is 6.95. The molecule has 2 fully saturated rings. The van der Waals surface area contributed by atoms with Gasteiger partial charge in [0.05, 0.1) is 12.2 Å². The molecule has 1 N–H and O–H groups in total. The van der Waals surface area contributed by atoms with Gasteiger partial charge in [0.25, 0.3) is 0 Å². The van der Waals surface area contributed by atoms with Crippen molar-refractivity contribution in [1.29, 1.82) is 0 Å². The van der Waals surface area contributed by atoms with E-state index in [1.165, 1.54) is 0 Å². The molecular weight excluding hydrogens is 356 g/mol. The fourth-order valence-electron chi connectivity index (χ4n) is 3.42. The van der Waals surface area contributed by atoms with Gasteiger partial charge in [-0.15, -0.1) is 0 Å². The molecule has 0 saturated carbocycles. The first kappa shape index (κ1) is 17.1. The number of halogens is 1. The second kappa shape index (κ2) is 6.74. The van der Waals surface area contributed by atoms with Crippen molar-refractivity contribution in [3.63, 3.8) is 0 Å². The maximum absolute atomic E-state index is 12.1. The van der Waals surface area contributed by atoms with Gasteiger partial charge in [-0.25, -0.2) is 4.98 Å². The molecule has 0 spiro atoms. The van der Waals surface area contributed by atoms with Crippen molar-refractivity contribution in [2.45, 2.75) is 19.5 Å². The van der Waals surface area contributed by atoms with Gasteiger partial charge in [-0.05, 0) is 25.1 Å². The normalized spacial score (nSPS) is 20.8. The molecule has 8 heteroatoms. The molecule has 2 aromatic rings. The minimum atomic E-state index is -0.426. The third-order valence-electron chi connectivity index (χ3n) is 4.84. The molecule has 0 bridgehead atoms. The lowest BCUT2D eigenvalue weighted by Gasteiger charge is -2.42. The van der Waals surface area contributed by atoms with Crippen molar-refractivity contribution >= 4 is 23.4 Å². The van der Waals surface area contributed by atoms with E-state index in [1.54, 1.807) is 11.0 Å². The summed E-state index contributed by atoms with van der Waals surface area (Å²) in [6.45, 7) is 4.30. The van der Waals surface area contributed by atoms with E-state index in [-0.39, 0.29) is 18.4 Å². The maximum atomic E-state index is 12.1. The van der Waals surface area contributed by atoms with Crippen LogP contribution >= 0.6 is 11.6 Å². The Morgan fingerprint density at radius 1 is 1.35 bits per heavy atom. The number of oxazole rings is 1. The molecule has 136 valence electrons. The van der Waals surface area contributed by atoms with Gasteiger partial charge >= 0.3 is 0 Å². The topological polar surface area (TPSA) is 78.7 Å². The average molecular weight is 375 g/mol. The number of aromatic nitrogens is 1. The van der Waals surface area contributed by atoms with Crippen LogP contribution in [-0.4, -0.2) is 58.8 Å². The average Bonchev–Trinajstić information content (AvgIpc) is 2.99. The van der Waals surface area contributed by atoms with Crippen LogP contribution < -0.4 is 5.32 Å². The number of nitrogens with one attached hydrogen (secondary N) is 1. The molecule has 0 aliphatic carbocycles. The summed E-state index contributed by atoms with van der Waals surface area (Å²) >= 11 is 6.04. The van der Waals surface area contributed by atoms with E-state index in [9.17, 15) is 9.59 Å². The van der Waals surface area contributed by atoms with Crippen LogP contribution in [0, 0.1) is 6.92 Å². The van der Waals surface area contributed by atoms with Gasteiger partial charge in [-0.3, -0.25) is 14.5 Å². The number of hydrogen-bond acceptors (Lipinski definition) is 5.